The third-order valence-electron chi connectivity index (χ3n) is 7.45. The van der Waals surface area contributed by atoms with Gasteiger partial charge in [0.1, 0.15) is 17.7 Å². The van der Waals surface area contributed by atoms with Crippen LogP contribution in [0.15, 0.2) is 42.5 Å². The van der Waals surface area contributed by atoms with Gasteiger partial charge < -0.3 is 20.3 Å². The summed E-state index contributed by atoms with van der Waals surface area (Å²) < 4.78 is 5.53. The lowest BCUT2D eigenvalue weighted by Gasteiger charge is -2.40. The molecular formula is C35H48ClN3O4. The summed E-state index contributed by atoms with van der Waals surface area (Å²) in [5.41, 5.74) is 1.49. The number of alkyl carbamates (subject to hydrolysis) is 1. The van der Waals surface area contributed by atoms with E-state index in [2.05, 4.69) is 30.4 Å². The Bertz CT molecular complexity index is 1290. The summed E-state index contributed by atoms with van der Waals surface area (Å²) >= 11 is 6.50. The summed E-state index contributed by atoms with van der Waals surface area (Å²) in [6.45, 7) is 17.2. The van der Waals surface area contributed by atoms with E-state index in [1.54, 1.807) is 62.1 Å². The fourth-order valence-electron chi connectivity index (χ4n) is 4.86. The van der Waals surface area contributed by atoms with Crippen LogP contribution in [0.4, 0.5) is 10.5 Å². The van der Waals surface area contributed by atoms with Gasteiger partial charge >= 0.3 is 6.09 Å². The summed E-state index contributed by atoms with van der Waals surface area (Å²) in [5, 5.41) is 6.19. The van der Waals surface area contributed by atoms with Gasteiger partial charge in [0, 0.05) is 11.6 Å². The zero-order valence-corrected chi connectivity index (χ0v) is 27.8. The molecule has 0 spiro atoms. The van der Waals surface area contributed by atoms with E-state index in [0.29, 0.717) is 40.6 Å². The maximum absolute atomic E-state index is 14.7. The minimum Gasteiger partial charge on any atom is -0.444 e. The average molecular weight is 610 g/mol. The second-order valence-electron chi connectivity index (χ2n) is 12.6. The van der Waals surface area contributed by atoms with Crippen molar-refractivity contribution in [2.45, 2.75) is 105 Å². The van der Waals surface area contributed by atoms with E-state index in [0.717, 1.165) is 12.0 Å². The highest BCUT2D eigenvalue weighted by Gasteiger charge is 2.41. The number of amides is 3. The molecule has 2 N–H and O–H groups in total. The van der Waals surface area contributed by atoms with Crippen LogP contribution in [0.3, 0.4) is 0 Å². The molecule has 3 amide bonds. The molecule has 0 aliphatic carbocycles. The van der Waals surface area contributed by atoms with Crippen molar-refractivity contribution in [1.29, 1.82) is 0 Å². The average Bonchev–Trinajstić information content (AvgIpc) is 2.93. The molecule has 0 heterocycles. The van der Waals surface area contributed by atoms with E-state index in [4.69, 9.17) is 22.8 Å². The summed E-state index contributed by atoms with van der Waals surface area (Å²) in [5.74, 6) is 1.97. The number of hydrogen-bond donors (Lipinski definition) is 2. The topological polar surface area (TPSA) is 87.7 Å². The van der Waals surface area contributed by atoms with Gasteiger partial charge in [-0.15, -0.1) is 6.42 Å². The van der Waals surface area contributed by atoms with Crippen molar-refractivity contribution in [3.63, 3.8) is 0 Å². The number of ether oxygens (including phenoxy) is 1. The zero-order valence-electron chi connectivity index (χ0n) is 27.1. The maximum Gasteiger partial charge on any atom is 0.408 e. The molecule has 7 nitrogen and oxygen atoms in total. The number of aryl methyl sites for hydroxylation is 1. The molecule has 0 aromatic heterocycles. The van der Waals surface area contributed by atoms with Crippen LogP contribution in [0.1, 0.15) is 97.4 Å². The first-order valence-corrected chi connectivity index (χ1v) is 15.4. The molecule has 0 radical (unpaired) electrons. The van der Waals surface area contributed by atoms with E-state index < -0.39 is 29.7 Å². The standard InChI is InChI=1S/C35H48ClN3O4/c1-11-23(5)30(38-34(42)43-35(8,9)10)33(41)39(25(7)21-20-22(3)4)31(27-18-14-13-17-26(27)12-2)32(40)37-29-24(6)16-15-19-28(29)36/h2,13-19,22-23,25,30-31H,11,20-21H2,1,3-10H3,(H,37,40)(H,38,42). The number of nitrogens with zero attached hydrogens (tertiary/aromatic N) is 1. The lowest BCUT2D eigenvalue weighted by atomic mass is 9.91. The number of nitrogens with one attached hydrogen (secondary N) is 2. The molecule has 0 aliphatic heterocycles. The fourth-order valence-corrected chi connectivity index (χ4v) is 5.13. The predicted octanol–water partition coefficient (Wildman–Crippen LogP) is 7.90. The Kier molecular flexibility index (Phi) is 13.1. The van der Waals surface area contributed by atoms with Crippen LogP contribution in [0.2, 0.25) is 5.02 Å². The number of benzene rings is 2. The van der Waals surface area contributed by atoms with Crippen LogP contribution in [0.5, 0.6) is 0 Å². The van der Waals surface area contributed by atoms with Gasteiger partial charge in [-0.2, -0.15) is 0 Å². The fraction of sp³-hybridized carbons (Fsp3) is 0.514. The molecule has 4 atom stereocenters. The number of hydrogen-bond acceptors (Lipinski definition) is 4. The van der Waals surface area contributed by atoms with Gasteiger partial charge in [0.25, 0.3) is 5.91 Å². The minimum atomic E-state index is -1.11. The maximum atomic E-state index is 14.7. The Labute approximate surface area is 263 Å². The smallest absolute Gasteiger partial charge is 0.408 e. The van der Waals surface area contributed by atoms with Gasteiger partial charge in [-0.1, -0.05) is 82.0 Å². The highest BCUT2D eigenvalue weighted by Crippen LogP contribution is 2.33. The van der Waals surface area contributed by atoms with Gasteiger partial charge in [0.2, 0.25) is 5.91 Å². The highest BCUT2D eigenvalue weighted by atomic mass is 35.5. The normalized spacial score (nSPS) is 14.2. The first-order chi connectivity index (χ1) is 20.1. The molecule has 8 heteroatoms. The number of halogens is 1. The van der Waals surface area contributed by atoms with Gasteiger partial charge in [0.05, 0.1) is 10.7 Å². The van der Waals surface area contributed by atoms with Crippen LogP contribution in [-0.2, 0) is 14.3 Å². The lowest BCUT2D eigenvalue weighted by molar-refractivity contribution is -0.144. The van der Waals surface area contributed by atoms with Crippen LogP contribution < -0.4 is 10.6 Å². The van der Waals surface area contributed by atoms with E-state index in [1.165, 1.54) is 0 Å². The van der Waals surface area contributed by atoms with E-state index in [-0.39, 0.29) is 17.9 Å². The van der Waals surface area contributed by atoms with Crippen molar-refractivity contribution in [1.82, 2.24) is 10.2 Å². The molecule has 234 valence electrons. The van der Waals surface area contributed by atoms with Gasteiger partial charge in [-0.25, -0.2) is 4.79 Å². The number of anilines is 1. The highest BCUT2D eigenvalue weighted by molar-refractivity contribution is 6.34. The number of carbonyl (C=O) groups is 3. The molecule has 0 saturated heterocycles. The van der Waals surface area contributed by atoms with E-state index in [1.807, 2.05) is 33.8 Å². The molecule has 2 aromatic rings. The molecule has 4 unspecified atom stereocenters. The zero-order chi connectivity index (χ0) is 32.5. The van der Waals surface area contributed by atoms with Crippen molar-refractivity contribution in [3.05, 3.63) is 64.2 Å². The van der Waals surface area contributed by atoms with Crippen LogP contribution >= 0.6 is 11.6 Å². The second kappa shape index (κ2) is 15.8. The summed E-state index contributed by atoms with van der Waals surface area (Å²) in [6, 6.07) is 10.0. The number of para-hydroxylation sites is 1. The molecule has 0 aliphatic rings. The summed E-state index contributed by atoms with van der Waals surface area (Å²) in [4.78, 5) is 43.7. The van der Waals surface area contributed by atoms with E-state index >= 15 is 0 Å². The third-order valence-corrected chi connectivity index (χ3v) is 7.76. The Hall–Kier alpha value is -3.50. The lowest BCUT2D eigenvalue weighted by Crippen LogP contribution is -2.57. The Morgan fingerprint density at radius 3 is 2.23 bits per heavy atom. The van der Waals surface area contributed by atoms with Crippen molar-refractivity contribution < 1.29 is 19.1 Å². The first-order valence-electron chi connectivity index (χ1n) is 15.0. The Balaban J connectivity index is 2.76. The molecule has 2 rings (SSSR count). The molecule has 0 saturated carbocycles. The number of terminal acetylenes is 1. The molecule has 2 aromatic carbocycles. The Morgan fingerprint density at radius 2 is 1.67 bits per heavy atom. The van der Waals surface area contributed by atoms with Gasteiger partial charge in [-0.05, 0) is 82.6 Å². The monoisotopic (exact) mass is 609 g/mol. The molecule has 0 fully saturated rings. The second-order valence-corrected chi connectivity index (χ2v) is 13.0. The number of carbonyl (C=O) groups excluding carboxylic acids is 3. The summed E-state index contributed by atoms with van der Waals surface area (Å²) in [7, 11) is 0. The third kappa shape index (κ3) is 10.0. The van der Waals surface area contributed by atoms with Gasteiger partial charge in [0.15, 0.2) is 0 Å². The molecular weight excluding hydrogens is 562 g/mol. The quantitative estimate of drug-likeness (QED) is 0.239. The van der Waals surface area contributed by atoms with Gasteiger partial charge in [-0.3, -0.25) is 9.59 Å². The molecule has 43 heavy (non-hydrogen) atoms. The van der Waals surface area contributed by atoms with Crippen molar-refractivity contribution in [3.8, 4) is 12.3 Å². The number of rotatable bonds is 12. The summed E-state index contributed by atoms with van der Waals surface area (Å²) in [6.07, 6.45) is 7.29. The first kappa shape index (κ1) is 35.7. The van der Waals surface area contributed by atoms with E-state index in [9.17, 15) is 14.4 Å². The largest absolute Gasteiger partial charge is 0.444 e. The predicted molar refractivity (Wildman–Crippen MR) is 175 cm³/mol. The Morgan fingerprint density at radius 1 is 1.02 bits per heavy atom. The molecule has 0 bridgehead atoms. The van der Waals surface area contributed by atoms with Crippen LogP contribution in [0, 0.1) is 31.1 Å². The van der Waals surface area contributed by atoms with Crippen molar-refractivity contribution >= 4 is 35.2 Å². The van der Waals surface area contributed by atoms with Crippen LogP contribution in [0.25, 0.3) is 0 Å². The van der Waals surface area contributed by atoms with Crippen molar-refractivity contribution in [2.75, 3.05) is 5.32 Å². The minimum absolute atomic E-state index is 0.253. The SMILES string of the molecule is C#Cc1ccccc1C(C(=O)Nc1c(C)cccc1Cl)N(C(=O)C(NC(=O)OC(C)(C)C)C(C)CC)C(C)CCC(C)C. The van der Waals surface area contributed by atoms with Crippen LogP contribution in [-0.4, -0.2) is 40.5 Å². The van der Waals surface area contributed by atoms with Crippen molar-refractivity contribution in [2.24, 2.45) is 11.8 Å².